The van der Waals surface area contributed by atoms with Crippen LogP contribution < -0.4 is 0 Å². The highest BCUT2D eigenvalue weighted by Crippen LogP contribution is 2.35. The van der Waals surface area contributed by atoms with Crippen LogP contribution in [0.1, 0.15) is 22.8 Å². The highest BCUT2D eigenvalue weighted by molar-refractivity contribution is 6.35. The second-order valence-corrected chi connectivity index (χ2v) is 5.26. The summed E-state index contributed by atoms with van der Waals surface area (Å²) < 4.78 is 38.7. The number of aromatic nitrogens is 1. The van der Waals surface area contributed by atoms with Gasteiger partial charge in [-0.15, -0.1) is 0 Å². The number of rotatable bonds is 3. The average molecular weight is 336 g/mol. The second kappa shape index (κ2) is 6.22. The monoisotopic (exact) mass is 335 g/mol. The molecular weight excluding hydrogens is 326 g/mol. The maximum absolute atomic E-state index is 12.9. The third-order valence-electron chi connectivity index (χ3n) is 2.94. The van der Waals surface area contributed by atoms with Crippen LogP contribution >= 0.6 is 23.2 Å². The maximum Gasteiger partial charge on any atom is 0.416 e. The van der Waals surface area contributed by atoms with Crippen molar-refractivity contribution in [2.24, 2.45) is 0 Å². The molecule has 0 radical (unpaired) electrons. The Kier molecular flexibility index (Phi) is 4.76. The molecule has 1 aromatic carbocycles. The summed E-state index contributed by atoms with van der Waals surface area (Å²) in [6, 6.07) is 5.43. The van der Waals surface area contributed by atoms with Crippen molar-refractivity contribution in [2.75, 3.05) is 0 Å². The predicted octanol–water partition coefficient (Wildman–Crippen LogP) is 4.68. The number of alkyl halides is 3. The fraction of sp³-hybridized carbons (Fsp3) is 0.214. The van der Waals surface area contributed by atoms with Crippen molar-refractivity contribution in [3.8, 4) is 0 Å². The van der Waals surface area contributed by atoms with E-state index in [-0.39, 0.29) is 12.0 Å². The smallest absolute Gasteiger partial charge is 0.388 e. The minimum absolute atomic E-state index is 0.0647. The van der Waals surface area contributed by atoms with E-state index in [9.17, 15) is 18.3 Å². The fourth-order valence-electron chi connectivity index (χ4n) is 1.94. The van der Waals surface area contributed by atoms with Crippen molar-refractivity contribution in [2.45, 2.75) is 18.7 Å². The second-order valence-electron chi connectivity index (χ2n) is 4.42. The topological polar surface area (TPSA) is 33.1 Å². The van der Waals surface area contributed by atoms with E-state index in [1.807, 2.05) is 0 Å². The summed E-state index contributed by atoms with van der Waals surface area (Å²) in [6.07, 6.45) is -3.94. The molecule has 1 aromatic heterocycles. The number of aliphatic hydroxyl groups excluding tert-OH is 1. The molecule has 0 spiro atoms. The van der Waals surface area contributed by atoms with Gasteiger partial charge in [0.15, 0.2) is 0 Å². The van der Waals surface area contributed by atoms with Gasteiger partial charge in [0.1, 0.15) is 0 Å². The van der Waals surface area contributed by atoms with Gasteiger partial charge in [0.05, 0.1) is 11.7 Å². The van der Waals surface area contributed by atoms with E-state index in [4.69, 9.17) is 23.2 Å². The van der Waals surface area contributed by atoms with Gasteiger partial charge in [0.2, 0.25) is 0 Å². The van der Waals surface area contributed by atoms with Crippen LogP contribution in [0.25, 0.3) is 0 Å². The Balaban J connectivity index is 2.31. The minimum atomic E-state index is -4.55. The molecule has 0 amide bonds. The van der Waals surface area contributed by atoms with Crippen LogP contribution in [0, 0.1) is 0 Å². The average Bonchev–Trinajstić information content (AvgIpc) is 2.41. The Morgan fingerprint density at radius 1 is 1.19 bits per heavy atom. The molecule has 0 aliphatic rings. The van der Waals surface area contributed by atoms with Crippen LogP contribution in [-0.4, -0.2) is 10.1 Å². The van der Waals surface area contributed by atoms with Crippen molar-refractivity contribution in [1.29, 1.82) is 0 Å². The number of hydrogen-bond donors (Lipinski definition) is 1. The van der Waals surface area contributed by atoms with E-state index in [0.29, 0.717) is 15.6 Å². The zero-order chi connectivity index (χ0) is 15.6. The lowest BCUT2D eigenvalue weighted by Gasteiger charge is -2.17. The molecule has 1 heterocycles. The number of benzene rings is 1. The Morgan fingerprint density at radius 3 is 2.52 bits per heavy atom. The van der Waals surface area contributed by atoms with E-state index in [0.717, 1.165) is 18.5 Å². The van der Waals surface area contributed by atoms with Crippen LogP contribution in [0.3, 0.4) is 0 Å². The van der Waals surface area contributed by atoms with Gasteiger partial charge in [-0.05, 0) is 23.8 Å². The molecule has 0 aliphatic carbocycles. The maximum atomic E-state index is 12.9. The van der Waals surface area contributed by atoms with E-state index in [1.165, 1.54) is 6.07 Å². The molecule has 1 N–H and O–H groups in total. The molecule has 0 fully saturated rings. The van der Waals surface area contributed by atoms with Crippen LogP contribution in [0.4, 0.5) is 13.2 Å². The summed E-state index contributed by atoms with van der Waals surface area (Å²) in [5.74, 6) is 0. The first kappa shape index (κ1) is 16.1. The third kappa shape index (κ3) is 3.87. The summed E-state index contributed by atoms with van der Waals surface area (Å²) in [5.41, 5.74) is -0.684. The van der Waals surface area contributed by atoms with Gasteiger partial charge < -0.3 is 5.11 Å². The zero-order valence-electron chi connectivity index (χ0n) is 10.5. The van der Waals surface area contributed by atoms with E-state index in [1.54, 1.807) is 12.1 Å². The molecule has 0 aliphatic heterocycles. The van der Waals surface area contributed by atoms with Gasteiger partial charge >= 0.3 is 6.18 Å². The number of halogens is 5. The van der Waals surface area contributed by atoms with Crippen molar-refractivity contribution in [3.05, 3.63) is 63.4 Å². The molecule has 1 atom stereocenters. The first-order valence-electron chi connectivity index (χ1n) is 5.92. The molecular formula is C14H10Cl2F3NO. The standard InChI is InChI=1S/C14H10Cl2F3NO/c15-9-2-1-8(12(16)6-9)5-13(21)10-7-20-4-3-11(10)14(17,18)19/h1-4,6-7,13,21H,5H2. The lowest BCUT2D eigenvalue weighted by Crippen LogP contribution is -2.14. The highest BCUT2D eigenvalue weighted by atomic mass is 35.5. The van der Waals surface area contributed by atoms with E-state index < -0.39 is 17.8 Å². The molecule has 112 valence electrons. The summed E-state index contributed by atoms with van der Waals surface area (Å²) >= 11 is 11.7. The molecule has 2 nitrogen and oxygen atoms in total. The largest absolute Gasteiger partial charge is 0.416 e. The van der Waals surface area contributed by atoms with Crippen molar-refractivity contribution < 1.29 is 18.3 Å². The van der Waals surface area contributed by atoms with Crippen LogP contribution in [-0.2, 0) is 12.6 Å². The predicted molar refractivity (Wildman–Crippen MR) is 74.4 cm³/mol. The molecule has 21 heavy (non-hydrogen) atoms. The Labute approximate surface area is 129 Å². The van der Waals surface area contributed by atoms with Gasteiger partial charge in [0, 0.05) is 34.4 Å². The molecule has 1 unspecified atom stereocenters. The first-order chi connectivity index (χ1) is 9.79. The zero-order valence-corrected chi connectivity index (χ0v) is 12.0. The Hall–Kier alpha value is -1.30. The van der Waals surface area contributed by atoms with Gasteiger partial charge in [-0.25, -0.2) is 0 Å². The molecule has 2 aromatic rings. The van der Waals surface area contributed by atoms with Crippen LogP contribution in [0.2, 0.25) is 10.0 Å². The van der Waals surface area contributed by atoms with Gasteiger partial charge in [-0.1, -0.05) is 29.3 Å². The summed E-state index contributed by atoms with van der Waals surface area (Å²) in [6.45, 7) is 0. The SMILES string of the molecule is OC(Cc1ccc(Cl)cc1Cl)c1cnccc1C(F)(F)F. The molecule has 0 saturated carbocycles. The summed E-state index contributed by atoms with van der Waals surface area (Å²) in [4.78, 5) is 3.64. The minimum Gasteiger partial charge on any atom is -0.388 e. The fourth-order valence-corrected chi connectivity index (χ4v) is 2.42. The van der Waals surface area contributed by atoms with E-state index >= 15 is 0 Å². The van der Waals surface area contributed by atoms with Crippen molar-refractivity contribution >= 4 is 23.2 Å². The number of hydrogen-bond acceptors (Lipinski definition) is 2. The lowest BCUT2D eigenvalue weighted by atomic mass is 9.98. The number of aliphatic hydroxyl groups is 1. The van der Waals surface area contributed by atoms with Crippen molar-refractivity contribution in [1.82, 2.24) is 4.98 Å². The lowest BCUT2D eigenvalue weighted by molar-refractivity contribution is -0.139. The third-order valence-corrected chi connectivity index (χ3v) is 3.53. The van der Waals surface area contributed by atoms with Crippen molar-refractivity contribution in [3.63, 3.8) is 0 Å². The molecule has 7 heteroatoms. The highest BCUT2D eigenvalue weighted by Gasteiger charge is 2.35. The Bertz CT molecular complexity index is 646. The summed E-state index contributed by atoms with van der Waals surface area (Å²) in [5, 5.41) is 10.8. The quantitative estimate of drug-likeness (QED) is 0.883. The molecule has 0 bridgehead atoms. The molecule has 0 saturated heterocycles. The number of pyridine rings is 1. The van der Waals surface area contributed by atoms with Gasteiger partial charge in [0.25, 0.3) is 0 Å². The Morgan fingerprint density at radius 2 is 1.90 bits per heavy atom. The van der Waals surface area contributed by atoms with Crippen LogP contribution in [0.5, 0.6) is 0 Å². The number of nitrogens with zero attached hydrogens (tertiary/aromatic N) is 1. The van der Waals surface area contributed by atoms with E-state index in [2.05, 4.69) is 4.98 Å². The summed E-state index contributed by atoms with van der Waals surface area (Å²) in [7, 11) is 0. The van der Waals surface area contributed by atoms with Crippen LogP contribution in [0.15, 0.2) is 36.7 Å². The van der Waals surface area contributed by atoms with Gasteiger partial charge in [-0.3, -0.25) is 4.98 Å². The van der Waals surface area contributed by atoms with Gasteiger partial charge in [-0.2, -0.15) is 13.2 Å². The first-order valence-corrected chi connectivity index (χ1v) is 6.67. The normalized spacial score (nSPS) is 13.2. The molecule has 2 rings (SSSR count).